The van der Waals surface area contributed by atoms with Crippen molar-refractivity contribution in [3.05, 3.63) is 131 Å². The Balaban J connectivity index is 0.000000329. The summed E-state index contributed by atoms with van der Waals surface area (Å²) in [6.07, 6.45) is 1.02. The summed E-state index contributed by atoms with van der Waals surface area (Å²) < 4.78 is 18.2. The summed E-state index contributed by atoms with van der Waals surface area (Å²) in [5, 5.41) is 0. The number of carbonyl (C=O) groups excluding carboxylic acids is 2. The van der Waals surface area contributed by atoms with Gasteiger partial charge < -0.3 is 9.64 Å². The Labute approximate surface area is 244 Å². The third kappa shape index (κ3) is 9.71. The van der Waals surface area contributed by atoms with E-state index in [-0.39, 0.29) is 23.5 Å². The molecule has 0 aliphatic carbocycles. The van der Waals surface area contributed by atoms with E-state index in [9.17, 15) is 14.0 Å². The highest BCUT2D eigenvalue weighted by Crippen LogP contribution is 2.39. The number of aryl methyl sites for hydroxylation is 1. The maximum Gasteiger partial charge on any atom is 0.230 e. The van der Waals surface area contributed by atoms with Gasteiger partial charge in [0.15, 0.2) is 5.78 Å². The maximum atomic E-state index is 12.3. The van der Waals surface area contributed by atoms with E-state index in [4.69, 9.17) is 4.74 Å². The monoisotopic (exact) mass is 555 g/mol. The van der Waals surface area contributed by atoms with E-state index < -0.39 is 0 Å². The molecule has 1 aliphatic rings. The molecule has 1 heterocycles. The van der Waals surface area contributed by atoms with E-state index >= 15 is 0 Å². The van der Waals surface area contributed by atoms with Crippen molar-refractivity contribution in [1.29, 1.82) is 0 Å². The maximum absolute atomic E-state index is 12.3. The number of hydrogen-bond acceptors (Lipinski definition) is 3. The summed E-state index contributed by atoms with van der Waals surface area (Å²) in [7, 11) is 0. The minimum absolute atomic E-state index is 0.0463. The molecule has 1 unspecified atom stereocenters. The number of β-lactam (4-membered cyclic amide) rings is 1. The average molecular weight is 556 g/mol. The van der Waals surface area contributed by atoms with Crippen LogP contribution in [-0.4, -0.2) is 11.7 Å². The average Bonchev–Trinajstić information content (AvgIpc) is 3.03. The quantitative estimate of drug-likeness (QED) is 0.168. The standard InChI is InChI=1S/C23H21NO2.C9H9FO.2C2H6/c1-17-7-11-20(12-8-17)24-22(15-23(24)25)19-9-13-21(14-10-19)26-16-18-5-3-2-4-6-18;1-2-9(11)7-3-5-8(10)6-4-7;2*1-2/h2-14,22H,15-16H2,1H3;3-6H,2H2,1H3;2*1-2H3. The molecule has 4 aromatic carbocycles. The molecule has 0 radical (unpaired) electrons. The highest BCUT2D eigenvalue weighted by atomic mass is 19.1. The predicted molar refractivity (Wildman–Crippen MR) is 167 cm³/mol. The van der Waals surface area contributed by atoms with Crippen LogP contribution in [-0.2, 0) is 11.4 Å². The van der Waals surface area contributed by atoms with Crippen LogP contribution in [0.25, 0.3) is 0 Å². The summed E-state index contributed by atoms with van der Waals surface area (Å²) in [4.78, 5) is 25.0. The number of halogens is 1. The molecule has 0 saturated carbocycles. The van der Waals surface area contributed by atoms with Crippen LogP contribution >= 0.6 is 0 Å². The van der Waals surface area contributed by atoms with E-state index in [1.54, 1.807) is 6.92 Å². The zero-order valence-corrected chi connectivity index (χ0v) is 25.1. The molecule has 41 heavy (non-hydrogen) atoms. The van der Waals surface area contributed by atoms with Crippen LogP contribution in [0.3, 0.4) is 0 Å². The van der Waals surface area contributed by atoms with Crippen molar-refractivity contribution in [2.75, 3.05) is 4.90 Å². The van der Waals surface area contributed by atoms with Gasteiger partial charge in [-0.15, -0.1) is 0 Å². The van der Waals surface area contributed by atoms with E-state index in [0.29, 0.717) is 25.0 Å². The van der Waals surface area contributed by atoms with Crippen molar-refractivity contribution < 1.29 is 18.7 Å². The molecule has 1 fully saturated rings. The molecular weight excluding hydrogens is 513 g/mol. The van der Waals surface area contributed by atoms with Gasteiger partial charge in [-0.1, -0.05) is 94.8 Å². The van der Waals surface area contributed by atoms with Crippen molar-refractivity contribution in [2.45, 2.75) is 67.0 Å². The fraction of sp³-hybridized carbons (Fsp3) is 0.278. The van der Waals surface area contributed by atoms with Crippen molar-refractivity contribution in [3.63, 3.8) is 0 Å². The second kappa shape index (κ2) is 17.4. The lowest BCUT2D eigenvalue weighted by Gasteiger charge is -2.40. The van der Waals surface area contributed by atoms with E-state index in [2.05, 4.69) is 12.1 Å². The molecule has 1 amide bonds. The molecule has 216 valence electrons. The van der Waals surface area contributed by atoms with Gasteiger partial charge in [-0.2, -0.15) is 0 Å². The molecule has 0 aromatic heterocycles. The first-order valence-corrected chi connectivity index (χ1v) is 14.4. The van der Waals surface area contributed by atoms with Gasteiger partial charge in [0.25, 0.3) is 0 Å². The number of hydrogen-bond donors (Lipinski definition) is 0. The molecular formula is C36H42FNO3. The number of nitrogens with zero attached hydrogens (tertiary/aromatic N) is 1. The Morgan fingerprint density at radius 2 is 1.41 bits per heavy atom. The Morgan fingerprint density at radius 1 is 0.829 bits per heavy atom. The van der Waals surface area contributed by atoms with E-state index in [0.717, 1.165) is 22.6 Å². The van der Waals surface area contributed by atoms with Crippen LogP contribution in [0.1, 0.15) is 80.6 Å². The first kappa shape index (κ1) is 33.0. The Morgan fingerprint density at radius 3 is 1.95 bits per heavy atom. The third-order valence-corrected chi connectivity index (χ3v) is 6.26. The number of anilines is 1. The van der Waals surface area contributed by atoms with E-state index in [1.807, 2.05) is 106 Å². The lowest BCUT2D eigenvalue weighted by molar-refractivity contribution is -0.124. The Bertz CT molecular complexity index is 1320. The zero-order valence-electron chi connectivity index (χ0n) is 25.1. The van der Waals surface area contributed by atoms with Crippen LogP contribution in [0.5, 0.6) is 5.75 Å². The number of Topliss-reactive ketones (excluding diaryl/α,β-unsaturated/α-hetero) is 1. The van der Waals surface area contributed by atoms with Gasteiger partial charge in [-0.25, -0.2) is 4.39 Å². The third-order valence-electron chi connectivity index (χ3n) is 6.26. The number of ether oxygens (including phenoxy) is 1. The largest absolute Gasteiger partial charge is 0.489 e. The van der Waals surface area contributed by atoms with Crippen molar-refractivity contribution in [1.82, 2.24) is 0 Å². The van der Waals surface area contributed by atoms with Crippen LogP contribution in [0.15, 0.2) is 103 Å². The fourth-order valence-corrected chi connectivity index (χ4v) is 4.08. The summed E-state index contributed by atoms with van der Waals surface area (Å²) in [6, 6.07) is 32.0. The molecule has 1 saturated heterocycles. The number of rotatable bonds is 7. The first-order chi connectivity index (χ1) is 19.9. The topological polar surface area (TPSA) is 46.6 Å². The molecule has 0 bridgehead atoms. The van der Waals surface area contributed by atoms with Gasteiger partial charge in [-0.3, -0.25) is 9.59 Å². The zero-order chi connectivity index (χ0) is 30.2. The summed E-state index contributed by atoms with van der Waals surface area (Å²) in [6.45, 7) is 12.4. The molecule has 1 atom stereocenters. The van der Waals surface area contributed by atoms with Crippen molar-refractivity contribution in [3.8, 4) is 5.75 Å². The van der Waals surface area contributed by atoms with Gasteiger partial charge in [-0.05, 0) is 66.6 Å². The number of benzene rings is 4. The molecule has 0 spiro atoms. The number of amides is 1. The predicted octanol–water partition coefficient (Wildman–Crippen LogP) is 9.52. The summed E-state index contributed by atoms with van der Waals surface area (Å²) in [5.74, 6) is 0.746. The van der Waals surface area contributed by atoms with Gasteiger partial charge in [0.1, 0.15) is 18.2 Å². The molecule has 1 aliphatic heterocycles. The lowest BCUT2D eigenvalue weighted by atomic mass is 9.93. The first-order valence-electron chi connectivity index (χ1n) is 14.4. The highest BCUT2D eigenvalue weighted by Gasteiger charge is 2.38. The summed E-state index contributed by atoms with van der Waals surface area (Å²) >= 11 is 0. The molecule has 5 heteroatoms. The van der Waals surface area contributed by atoms with Crippen LogP contribution < -0.4 is 9.64 Å². The van der Waals surface area contributed by atoms with Gasteiger partial charge in [0.2, 0.25) is 5.91 Å². The highest BCUT2D eigenvalue weighted by molar-refractivity contribution is 6.01. The smallest absolute Gasteiger partial charge is 0.230 e. The normalized spacial score (nSPS) is 13.2. The Kier molecular flexibility index (Phi) is 14.0. The molecule has 0 N–H and O–H groups in total. The molecule has 4 nitrogen and oxygen atoms in total. The molecule has 4 aromatic rings. The number of carbonyl (C=O) groups is 2. The SMILES string of the molecule is CC.CC.CCC(=O)c1ccc(F)cc1.Cc1ccc(N2C(=O)CC2c2ccc(OCc3ccccc3)cc2)cc1. The van der Waals surface area contributed by atoms with Crippen LogP contribution in [0.2, 0.25) is 0 Å². The second-order valence-electron chi connectivity index (χ2n) is 8.95. The van der Waals surface area contributed by atoms with E-state index in [1.165, 1.54) is 29.8 Å². The fourth-order valence-electron chi connectivity index (χ4n) is 4.08. The lowest BCUT2D eigenvalue weighted by Crippen LogP contribution is -2.46. The van der Waals surface area contributed by atoms with Gasteiger partial charge >= 0.3 is 0 Å². The van der Waals surface area contributed by atoms with Crippen LogP contribution in [0, 0.1) is 12.7 Å². The molecule has 5 rings (SSSR count). The Hall–Kier alpha value is -4.25. The second-order valence-corrected chi connectivity index (χ2v) is 8.95. The van der Waals surface area contributed by atoms with Crippen molar-refractivity contribution in [2.24, 2.45) is 0 Å². The minimum atomic E-state index is -0.308. The minimum Gasteiger partial charge on any atom is -0.489 e. The van der Waals surface area contributed by atoms with Crippen molar-refractivity contribution >= 4 is 17.4 Å². The van der Waals surface area contributed by atoms with Crippen LogP contribution in [0.4, 0.5) is 10.1 Å². The van der Waals surface area contributed by atoms with Gasteiger partial charge in [0.05, 0.1) is 12.5 Å². The summed E-state index contributed by atoms with van der Waals surface area (Å²) in [5.41, 5.74) is 5.01. The number of ketones is 1. The van der Waals surface area contributed by atoms with Gasteiger partial charge in [0, 0.05) is 17.7 Å².